The Morgan fingerprint density at radius 1 is 0.778 bits per heavy atom. The summed E-state index contributed by atoms with van der Waals surface area (Å²) in [6.45, 7) is 4.38. The molecule has 0 aliphatic carbocycles. The minimum absolute atomic E-state index is 1.28. The zero-order valence-electron chi connectivity index (χ0n) is 11.1. The molecule has 0 amide bonds. The molecule has 0 aromatic heterocycles. The maximum Gasteiger partial charge on any atom is 0.0488 e. The van der Waals surface area contributed by atoms with Crippen LogP contribution in [0.1, 0.15) is 25.0 Å². The molecule has 18 heavy (non-hydrogen) atoms. The first kappa shape index (κ1) is 11.1. The fraction of sp³-hybridized carbons (Fsp3) is 0.176. The van der Waals surface area contributed by atoms with Gasteiger partial charge in [0.2, 0.25) is 0 Å². The Labute approximate surface area is 108 Å². The second-order valence-corrected chi connectivity index (χ2v) is 4.97. The van der Waals surface area contributed by atoms with E-state index in [9.17, 15) is 0 Å². The van der Waals surface area contributed by atoms with Gasteiger partial charge in [0, 0.05) is 29.5 Å². The molecule has 0 atom stereocenters. The molecule has 0 saturated heterocycles. The van der Waals surface area contributed by atoms with Crippen molar-refractivity contribution >= 4 is 16.9 Å². The maximum absolute atomic E-state index is 2.27. The number of para-hydroxylation sites is 2. The molecule has 0 fully saturated rings. The van der Waals surface area contributed by atoms with Crippen molar-refractivity contribution < 1.29 is 0 Å². The van der Waals surface area contributed by atoms with Crippen molar-refractivity contribution in [3.05, 3.63) is 65.2 Å². The molecule has 2 aromatic rings. The number of allylic oxidation sites excluding steroid dienone is 1. The van der Waals surface area contributed by atoms with E-state index in [1.54, 1.807) is 0 Å². The van der Waals surface area contributed by atoms with Gasteiger partial charge in [0.15, 0.2) is 0 Å². The van der Waals surface area contributed by atoms with Gasteiger partial charge in [-0.05, 0) is 31.6 Å². The van der Waals surface area contributed by atoms with Crippen LogP contribution in [-0.2, 0) is 0 Å². The highest BCUT2D eigenvalue weighted by molar-refractivity contribution is 5.98. The summed E-state index contributed by atoms with van der Waals surface area (Å²) < 4.78 is 0. The summed E-state index contributed by atoms with van der Waals surface area (Å²) in [4.78, 5) is 2.27. The first-order valence-electron chi connectivity index (χ1n) is 6.30. The van der Waals surface area contributed by atoms with Gasteiger partial charge in [-0.2, -0.15) is 0 Å². The van der Waals surface area contributed by atoms with Gasteiger partial charge in [0.05, 0.1) is 0 Å². The Bertz CT molecular complexity index is 584. The van der Waals surface area contributed by atoms with Crippen LogP contribution in [0.2, 0.25) is 0 Å². The molecule has 0 N–H and O–H groups in total. The third-order valence-corrected chi connectivity index (χ3v) is 3.57. The lowest BCUT2D eigenvalue weighted by Gasteiger charge is -2.32. The predicted octanol–water partition coefficient (Wildman–Crippen LogP) is 4.61. The minimum Gasteiger partial charge on any atom is -0.344 e. The second kappa shape index (κ2) is 4.02. The summed E-state index contributed by atoms with van der Waals surface area (Å²) in [5.41, 5.74) is 7.97. The molecule has 1 nitrogen and oxygen atoms in total. The van der Waals surface area contributed by atoms with Gasteiger partial charge in [-0.1, -0.05) is 42.0 Å². The lowest BCUT2D eigenvalue weighted by molar-refractivity contribution is 1.16. The summed E-state index contributed by atoms with van der Waals surface area (Å²) in [5.74, 6) is 0. The van der Waals surface area contributed by atoms with Crippen LogP contribution in [0.4, 0.5) is 11.4 Å². The lowest BCUT2D eigenvalue weighted by Crippen LogP contribution is -2.18. The van der Waals surface area contributed by atoms with Gasteiger partial charge >= 0.3 is 0 Å². The van der Waals surface area contributed by atoms with E-state index in [0.29, 0.717) is 0 Å². The molecule has 0 saturated carbocycles. The predicted molar refractivity (Wildman–Crippen MR) is 78.3 cm³/mol. The molecule has 3 rings (SSSR count). The van der Waals surface area contributed by atoms with E-state index >= 15 is 0 Å². The fourth-order valence-electron chi connectivity index (χ4n) is 2.77. The molecule has 0 unspecified atom stereocenters. The number of anilines is 2. The molecule has 1 heteroatoms. The van der Waals surface area contributed by atoms with Crippen LogP contribution < -0.4 is 4.90 Å². The number of fused-ring (bicyclic) bond motifs is 2. The van der Waals surface area contributed by atoms with Gasteiger partial charge in [-0.25, -0.2) is 0 Å². The van der Waals surface area contributed by atoms with E-state index in [-0.39, 0.29) is 0 Å². The summed E-state index contributed by atoms with van der Waals surface area (Å²) in [7, 11) is 2.14. The van der Waals surface area contributed by atoms with Crippen LogP contribution >= 0.6 is 0 Å². The molecule has 90 valence electrons. The Morgan fingerprint density at radius 3 is 1.67 bits per heavy atom. The van der Waals surface area contributed by atoms with Crippen molar-refractivity contribution in [2.75, 3.05) is 11.9 Å². The Hall–Kier alpha value is -2.02. The van der Waals surface area contributed by atoms with Crippen molar-refractivity contribution in [2.24, 2.45) is 0 Å². The highest BCUT2D eigenvalue weighted by atomic mass is 15.1. The average molecular weight is 235 g/mol. The Morgan fingerprint density at radius 2 is 1.22 bits per heavy atom. The SMILES string of the molecule is CC(C)=C1c2ccccc2N(C)c2ccccc21. The normalized spacial score (nSPS) is 13.1. The van der Waals surface area contributed by atoms with Crippen LogP contribution in [0.15, 0.2) is 54.1 Å². The summed E-state index contributed by atoms with van der Waals surface area (Å²) in [6.07, 6.45) is 0. The van der Waals surface area contributed by atoms with E-state index in [1.807, 2.05) is 0 Å². The van der Waals surface area contributed by atoms with Crippen LogP contribution in [-0.4, -0.2) is 7.05 Å². The van der Waals surface area contributed by atoms with Crippen LogP contribution in [0.25, 0.3) is 5.57 Å². The zero-order chi connectivity index (χ0) is 12.7. The molecule has 0 spiro atoms. The molecule has 2 aromatic carbocycles. The Kier molecular flexibility index (Phi) is 2.48. The highest BCUT2D eigenvalue weighted by Gasteiger charge is 2.23. The topological polar surface area (TPSA) is 3.24 Å². The molecule has 1 heterocycles. The number of hydrogen-bond acceptors (Lipinski definition) is 1. The standard InChI is InChI=1S/C17H17N/c1-12(2)17-13-8-4-6-10-15(13)18(3)16-11-7-5-9-14(16)17/h4-11H,1-3H3. The van der Waals surface area contributed by atoms with E-state index < -0.39 is 0 Å². The number of benzene rings is 2. The Balaban J connectivity index is 2.38. The van der Waals surface area contributed by atoms with Crippen LogP contribution in [0, 0.1) is 0 Å². The zero-order valence-corrected chi connectivity index (χ0v) is 11.1. The number of rotatable bonds is 0. The lowest BCUT2D eigenvalue weighted by atomic mass is 9.88. The van der Waals surface area contributed by atoms with Gasteiger partial charge in [-0.3, -0.25) is 0 Å². The molecular formula is C17H17N. The largest absolute Gasteiger partial charge is 0.344 e. The van der Waals surface area contributed by atoms with Crippen molar-refractivity contribution in [2.45, 2.75) is 13.8 Å². The first-order valence-corrected chi connectivity index (χ1v) is 6.30. The van der Waals surface area contributed by atoms with Gasteiger partial charge in [0.1, 0.15) is 0 Å². The highest BCUT2D eigenvalue weighted by Crippen LogP contribution is 2.44. The van der Waals surface area contributed by atoms with E-state index in [0.717, 1.165) is 0 Å². The number of nitrogens with zero attached hydrogens (tertiary/aromatic N) is 1. The third kappa shape index (κ3) is 1.47. The summed E-state index contributed by atoms with van der Waals surface area (Å²) >= 11 is 0. The molecule has 0 radical (unpaired) electrons. The van der Waals surface area contributed by atoms with Crippen LogP contribution in [0.3, 0.4) is 0 Å². The van der Waals surface area contributed by atoms with E-state index in [1.165, 1.54) is 33.6 Å². The quantitative estimate of drug-likeness (QED) is 0.644. The van der Waals surface area contributed by atoms with Crippen molar-refractivity contribution in [1.29, 1.82) is 0 Å². The van der Waals surface area contributed by atoms with E-state index in [2.05, 4.69) is 74.3 Å². The van der Waals surface area contributed by atoms with Crippen molar-refractivity contribution in [1.82, 2.24) is 0 Å². The second-order valence-electron chi connectivity index (χ2n) is 4.97. The first-order chi connectivity index (χ1) is 8.70. The van der Waals surface area contributed by atoms with Gasteiger partial charge in [-0.15, -0.1) is 0 Å². The maximum atomic E-state index is 2.27. The van der Waals surface area contributed by atoms with Gasteiger partial charge < -0.3 is 4.90 Å². The third-order valence-electron chi connectivity index (χ3n) is 3.57. The molecule has 1 aliphatic rings. The molecular weight excluding hydrogens is 218 g/mol. The van der Waals surface area contributed by atoms with Crippen molar-refractivity contribution in [3.8, 4) is 0 Å². The smallest absolute Gasteiger partial charge is 0.0488 e. The average Bonchev–Trinajstić information content (AvgIpc) is 2.39. The van der Waals surface area contributed by atoms with Crippen LogP contribution in [0.5, 0.6) is 0 Å². The fourth-order valence-corrected chi connectivity index (χ4v) is 2.77. The number of hydrogen-bond donors (Lipinski definition) is 0. The summed E-state index contributed by atoms with van der Waals surface area (Å²) in [5, 5.41) is 0. The molecule has 0 bridgehead atoms. The monoisotopic (exact) mass is 235 g/mol. The van der Waals surface area contributed by atoms with Crippen molar-refractivity contribution in [3.63, 3.8) is 0 Å². The summed E-state index contributed by atoms with van der Waals surface area (Å²) in [6, 6.07) is 17.2. The molecule has 1 aliphatic heterocycles. The van der Waals surface area contributed by atoms with E-state index in [4.69, 9.17) is 0 Å². The van der Waals surface area contributed by atoms with Gasteiger partial charge in [0.25, 0.3) is 0 Å². The minimum atomic E-state index is 1.28.